The summed E-state index contributed by atoms with van der Waals surface area (Å²) in [7, 11) is 1.93. The summed E-state index contributed by atoms with van der Waals surface area (Å²) in [5.74, 6) is -0.291. The standard InChI is InChI=1S/C13H18N4O/c1-9(7-13(14)18)15-8-11-10-5-3-4-6-12(10)17(2)16-11/h3-6,9,15H,7-8H2,1-2H3,(H2,14,18). The lowest BCUT2D eigenvalue weighted by molar-refractivity contribution is -0.118. The first kappa shape index (κ1) is 12.6. The number of amides is 1. The molecule has 0 aliphatic rings. The van der Waals surface area contributed by atoms with Gasteiger partial charge in [0.1, 0.15) is 0 Å². The Labute approximate surface area is 106 Å². The fourth-order valence-electron chi connectivity index (χ4n) is 2.06. The number of carbonyl (C=O) groups is 1. The van der Waals surface area contributed by atoms with Crippen molar-refractivity contribution in [3.05, 3.63) is 30.0 Å². The summed E-state index contributed by atoms with van der Waals surface area (Å²) in [6.45, 7) is 2.58. The molecule has 0 spiro atoms. The minimum atomic E-state index is -0.291. The summed E-state index contributed by atoms with van der Waals surface area (Å²) in [6.07, 6.45) is 0.338. The van der Waals surface area contributed by atoms with Crippen molar-refractivity contribution in [2.45, 2.75) is 25.9 Å². The molecule has 5 heteroatoms. The van der Waals surface area contributed by atoms with Gasteiger partial charge in [-0.2, -0.15) is 5.10 Å². The van der Waals surface area contributed by atoms with Gasteiger partial charge in [-0.25, -0.2) is 0 Å². The molecule has 0 saturated heterocycles. The summed E-state index contributed by atoms with van der Waals surface area (Å²) in [4.78, 5) is 10.8. The van der Waals surface area contributed by atoms with Crippen molar-refractivity contribution in [2.24, 2.45) is 12.8 Å². The van der Waals surface area contributed by atoms with Crippen LogP contribution in [0.3, 0.4) is 0 Å². The molecule has 18 heavy (non-hydrogen) atoms. The van der Waals surface area contributed by atoms with E-state index in [4.69, 9.17) is 5.73 Å². The maximum Gasteiger partial charge on any atom is 0.218 e. The highest BCUT2D eigenvalue weighted by Gasteiger charge is 2.10. The molecule has 2 aromatic rings. The third kappa shape index (κ3) is 2.68. The number of primary amides is 1. The van der Waals surface area contributed by atoms with E-state index in [1.165, 1.54) is 0 Å². The summed E-state index contributed by atoms with van der Waals surface area (Å²) in [5.41, 5.74) is 7.26. The number of fused-ring (bicyclic) bond motifs is 1. The first-order chi connectivity index (χ1) is 8.58. The number of rotatable bonds is 5. The molecule has 1 amide bonds. The number of para-hydroxylation sites is 1. The van der Waals surface area contributed by atoms with E-state index in [1.807, 2.05) is 36.9 Å². The maximum absolute atomic E-state index is 10.8. The van der Waals surface area contributed by atoms with E-state index in [0.717, 1.165) is 16.6 Å². The average molecular weight is 246 g/mol. The first-order valence-corrected chi connectivity index (χ1v) is 6.00. The third-order valence-electron chi connectivity index (χ3n) is 2.96. The second-order valence-corrected chi connectivity index (χ2v) is 4.54. The molecule has 0 radical (unpaired) electrons. The number of hydrogen-bond acceptors (Lipinski definition) is 3. The van der Waals surface area contributed by atoms with E-state index in [1.54, 1.807) is 0 Å². The molecular weight excluding hydrogens is 228 g/mol. The number of nitrogens with two attached hydrogens (primary N) is 1. The molecule has 1 aromatic heterocycles. The Morgan fingerprint density at radius 3 is 2.94 bits per heavy atom. The minimum Gasteiger partial charge on any atom is -0.370 e. The highest BCUT2D eigenvalue weighted by Crippen LogP contribution is 2.17. The van der Waals surface area contributed by atoms with E-state index in [-0.39, 0.29) is 11.9 Å². The van der Waals surface area contributed by atoms with E-state index < -0.39 is 0 Å². The van der Waals surface area contributed by atoms with Gasteiger partial charge in [0, 0.05) is 31.4 Å². The van der Waals surface area contributed by atoms with Gasteiger partial charge in [-0.3, -0.25) is 9.48 Å². The van der Waals surface area contributed by atoms with Gasteiger partial charge in [-0.1, -0.05) is 18.2 Å². The molecular formula is C13H18N4O. The molecule has 1 aromatic carbocycles. The number of benzene rings is 1. The Morgan fingerprint density at radius 2 is 2.22 bits per heavy atom. The average Bonchev–Trinajstić information content (AvgIpc) is 2.64. The van der Waals surface area contributed by atoms with E-state index in [2.05, 4.69) is 16.5 Å². The topological polar surface area (TPSA) is 72.9 Å². The lowest BCUT2D eigenvalue weighted by atomic mass is 10.2. The molecule has 0 aliphatic heterocycles. The summed E-state index contributed by atoms with van der Waals surface area (Å²) >= 11 is 0. The lowest BCUT2D eigenvalue weighted by Gasteiger charge is -2.10. The number of aromatic nitrogens is 2. The van der Waals surface area contributed by atoms with Crippen molar-refractivity contribution < 1.29 is 4.79 Å². The maximum atomic E-state index is 10.8. The smallest absolute Gasteiger partial charge is 0.218 e. The predicted molar refractivity (Wildman–Crippen MR) is 70.8 cm³/mol. The monoisotopic (exact) mass is 246 g/mol. The quantitative estimate of drug-likeness (QED) is 0.824. The first-order valence-electron chi connectivity index (χ1n) is 6.00. The molecule has 3 N–H and O–H groups in total. The summed E-state index contributed by atoms with van der Waals surface area (Å²) in [5, 5.41) is 8.88. The van der Waals surface area contributed by atoms with Crippen LogP contribution in [-0.2, 0) is 18.4 Å². The van der Waals surface area contributed by atoms with Crippen LogP contribution in [0.15, 0.2) is 24.3 Å². The van der Waals surface area contributed by atoms with Gasteiger partial charge in [0.2, 0.25) is 5.91 Å². The molecule has 0 saturated carbocycles. The van der Waals surface area contributed by atoms with Gasteiger partial charge in [0.15, 0.2) is 0 Å². The van der Waals surface area contributed by atoms with Gasteiger partial charge in [-0.05, 0) is 13.0 Å². The fraction of sp³-hybridized carbons (Fsp3) is 0.385. The van der Waals surface area contributed by atoms with Crippen molar-refractivity contribution in [2.75, 3.05) is 0 Å². The highest BCUT2D eigenvalue weighted by molar-refractivity contribution is 5.81. The van der Waals surface area contributed by atoms with Crippen molar-refractivity contribution in [3.63, 3.8) is 0 Å². The molecule has 5 nitrogen and oxygen atoms in total. The second kappa shape index (κ2) is 5.18. The molecule has 2 rings (SSSR count). The third-order valence-corrected chi connectivity index (χ3v) is 2.96. The Balaban J connectivity index is 2.10. The predicted octanol–water partition coefficient (Wildman–Crippen LogP) is 0.927. The van der Waals surface area contributed by atoms with E-state index >= 15 is 0 Å². The summed E-state index contributed by atoms with van der Waals surface area (Å²) < 4.78 is 1.87. The minimum absolute atomic E-state index is 0.0586. The van der Waals surface area contributed by atoms with E-state index in [0.29, 0.717) is 13.0 Å². The highest BCUT2D eigenvalue weighted by atomic mass is 16.1. The van der Waals surface area contributed by atoms with Crippen LogP contribution in [0, 0.1) is 0 Å². The molecule has 0 bridgehead atoms. The Hall–Kier alpha value is -1.88. The van der Waals surface area contributed by atoms with Gasteiger partial charge < -0.3 is 11.1 Å². The Morgan fingerprint density at radius 1 is 1.50 bits per heavy atom. The zero-order valence-corrected chi connectivity index (χ0v) is 10.7. The van der Waals surface area contributed by atoms with Crippen LogP contribution in [-0.4, -0.2) is 21.7 Å². The Kier molecular flexibility index (Phi) is 3.62. The van der Waals surface area contributed by atoms with Crippen LogP contribution < -0.4 is 11.1 Å². The van der Waals surface area contributed by atoms with Crippen molar-refractivity contribution >= 4 is 16.8 Å². The molecule has 1 heterocycles. The van der Waals surface area contributed by atoms with Crippen LogP contribution >= 0.6 is 0 Å². The van der Waals surface area contributed by atoms with Gasteiger partial charge >= 0.3 is 0 Å². The zero-order valence-electron chi connectivity index (χ0n) is 10.7. The number of aryl methyl sites for hydroxylation is 1. The van der Waals surface area contributed by atoms with Crippen LogP contribution in [0.5, 0.6) is 0 Å². The SMILES string of the molecule is CC(CC(N)=O)NCc1nn(C)c2ccccc12. The number of nitrogens with one attached hydrogen (secondary N) is 1. The molecule has 96 valence electrons. The van der Waals surface area contributed by atoms with Gasteiger partial charge in [0.05, 0.1) is 11.2 Å². The molecule has 1 atom stereocenters. The zero-order chi connectivity index (χ0) is 13.1. The van der Waals surface area contributed by atoms with Crippen molar-refractivity contribution in [1.29, 1.82) is 0 Å². The van der Waals surface area contributed by atoms with Gasteiger partial charge in [-0.15, -0.1) is 0 Å². The largest absolute Gasteiger partial charge is 0.370 e. The molecule has 1 unspecified atom stereocenters. The number of hydrogen-bond donors (Lipinski definition) is 2. The molecule has 0 fully saturated rings. The van der Waals surface area contributed by atoms with Gasteiger partial charge in [0.25, 0.3) is 0 Å². The normalized spacial score (nSPS) is 12.8. The van der Waals surface area contributed by atoms with Crippen LogP contribution in [0.2, 0.25) is 0 Å². The van der Waals surface area contributed by atoms with Crippen molar-refractivity contribution in [3.8, 4) is 0 Å². The molecule has 0 aliphatic carbocycles. The van der Waals surface area contributed by atoms with Crippen molar-refractivity contribution in [1.82, 2.24) is 15.1 Å². The van der Waals surface area contributed by atoms with Crippen LogP contribution in [0.1, 0.15) is 19.0 Å². The summed E-state index contributed by atoms with van der Waals surface area (Å²) in [6, 6.07) is 8.15. The number of nitrogens with zero attached hydrogens (tertiary/aromatic N) is 2. The van der Waals surface area contributed by atoms with Crippen LogP contribution in [0.25, 0.3) is 10.9 Å². The van der Waals surface area contributed by atoms with E-state index in [9.17, 15) is 4.79 Å². The number of carbonyl (C=O) groups excluding carboxylic acids is 1. The lowest BCUT2D eigenvalue weighted by Crippen LogP contribution is -2.30. The van der Waals surface area contributed by atoms with Crippen LogP contribution in [0.4, 0.5) is 0 Å². The Bertz CT molecular complexity index is 561. The second-order valence-electron chi connectivity index (χ2n) is 4.54. The fourth-order valence-corrected chi connectivity index (χ4v) is 2.06.